The van der Waals surface area contributed by atoms with Gasteiger partial charge in [0.1, 0.15) is 10.8 Å². The fourth-order valence-electron chi connectivity index (χ4n) is 2.94. The molecule has 1 atom stereocenters. The minimum Gasteiger partial charge on any atom is -0.365 e. The first-order chi connectivity index (χ1) is 11.9. The predicted octanol–water partition coefficient (Wildman–Crippen LogP) is 3.84. The third-order valence-corrected chi connectivity index (χ3v) is 6.38. The predicted molar refractivity (Wildman–Crippen MR) is 99.8 cm³/mol. The highest BCUT2D eigenvalue weighted by molar-refractivity contribution is 8.00. The number of thioether (sulfide) groups is 1. The molecule has 4 nitrogen and oxygen atoms in total. The molecular weight excluding hydrogens is 359 g/mol. The van der Waals surface area contributed by atoms with Gasteiger partial charge in [-0.1, -0.05) is 6.92 Å². The maximum Gasteiger partial charge on any atom is 0.251 e. The van der Waals surface area contributed by atoms with Gasteiger partial charge in [-0.05, 0) is 55.0 Å². The Hall–Kier alpha value is -1.86. The summed E-state index contributed by atoms with van der Waals surface area (Å²) in [5, 5.41) is 3.38. The van der Waals surface area contributed by atoms with Gasteiger partial charge in [-0.15, -0.1) is 23.1 Å². The molecule has 1 aliphatic rings. The van der Waals surface area contributed by atoms with E-state index in [1.807, 2.05) is 0 Å². The van der Waals surface area contributed by atoms with Gasteiger partial charge in [0.25, 0.3) is 5.91 Å². The molecule has 7 heteroatoms. The third-order valence-electron chi connectivity index (χ3n) is 4.19. The highest BCUT2D eigenvalue weighted by atomic mass is 32.2. The van der Waals surface area contributed by atoms with E-state index in [2.05, 4.69) is 12.2 Å². The molecule has 3 rings (SSSR count). The second-order valence-electron chi connectivity index (χ2n) is 6.21. The maximum absolute atomic E-state index is 12.9. The van der Waals surface area contributed by atoms with Gasteiger partial charge in [-0.25, -0.2) is 4.39 Å². The molecule has 0 radical (unpaired) electrons. The molecule has 3 N–H and O–H groups in total. The number of hydrogen-bond donors (Lipinski definition) is 2. The molecule has 1 heterocycles. The number of halogens is 1. The molecule has 1 aliphatic carbocycles. The summed E-state index contributed by atoms with van der Waals surface area (Å²) in [5.74, 6) is -0.247. The van der Waals surface area contributed by atoms with Gasteiger partial charge in [0.2, 0.25) is 5.91 Å². The lowest BCUT2D eigenvalue weighted by molar-refractivity contribution is -0.113. The molecule has 0 spiro atoms. The number of primary amides is 1. The number of nitrogens with one attached hydrogen (secondary N) is 1. The smallest absolute Gasteiger partial charge is 0.251 e. The zero-order valence-electron chi connectivity index (χ0n) is 13.8. The molecule has 0 saturated carbocycles. The van der Waals surface area contributed by atoms with Gasteiger partial charge < -0.3 is 11.1 Å². The maximum atomic E-state index is 12.9. The molecule has 2 amide bonds. The number of nitrogens with two attached hydrogens (primary N) is 1. The van der Waals surface area contributed by atoms with E-state index in [1.54, 1.807) is 12.1 Å². The van der Waals surface area contributed by atoms with Crippen LogP contribution in [0.4, 0.5) is 9.39 Å². The normalized spacial score (nSPS) is 16.3. The average Bonchev–Trinajstić information content (AvgIpc) is 2.91. The van der Waals surface area contributed by atoms with Crippen LogP contribution >= 0.6 is 23.1 Å². The van der Waals surface area contributed by atoms with Gasteiger partial charge >= 0.3 is 0 Å². The Bertz CT molecular complexity index is 802. The quantitative estimate of drug-likeness (QED) is 0.777. The summed E-state index contributed by atoms with van der Waals surface area (Å²) in [4.78, 5) is 26.1. The van der Waals surface area contributed by atoms with Gasteiger partial charge in [-0.3, -0.25) is 9.59 Å². The molecule has 0 bridgehead atoms. The van der Waals surface area contributed by atoms with Crippen LogP contribution in [0.1, 0.15) is 34.1 Å². The summed E-state index contributed by atoms with van der Waals surface area (Å²) in [5.41, 5.74) is 7.01. The number of thiophene rings is 1. The lowest BCUT2D eigenvalue weighted by atomic mass is 9.88. The van der Waals surface area contributed by atoms with Gasteiger partial charge in [0.15, 0.2) is 0 Å². The van der Waals surface area contributed by atoms with Crippen molar-refractivity contribution in [3.63, 3.8) is 0 Å². The largest absolute Gasteiger partial charge is 0.365 e. The molecule has 0 fully saturated rings. The van der Waals surface area contributed by atoms with E-state index in [4.69, 9.17) is 5.73 Å². The van der Waals surface area contributed by atoms with Crippen LogP contribution < -0.4 is 11.1 Å². The summed E-state index contributed by atoms with van der Waals surface area (Å²) in [7, 11) is 0. The van der Waals surface area contributed by atoms with E-state index in [9.17, 15) is 14.0 Å². The van der Waals surface area contributed by atoms with Crippen LogP contribution in [-0.4, -0.2) is 17.6 Å². The molecule has 25 heavy (non-hydrogen) atoms. The van der Waals surface area contributed by atoms with Crippen molar-refractivity contribution in [2.45, 2.75) is 31.1 Å². The van der Waals surface area contributed by atoms with Gasteiger partial charge in [0.05, 0.1) is 11.3 Å². The molecule has 0 saturated heterocycles. The van der Waals surface area contributed by atoms with Crippen LogP contribution in [-0.2, 0) is 17.6 Å². The molecule has 132 valence electrons. The van der Waals surface area contributed by atoms with Crippen molar-refractivity contribution < 1.29 is 14.0 Å². The van der Waals surface area contributed by atoms with E-state index >= 15 is 0 Å². The van der Waals surface area contributed by atoms with E-state index < -0.39 is 5.91 Å². The lowest BCUT2D eigenvalue weighted by Gasteiger charge is -2.18. The monoisotopic (exact) mass is 378 g/mol. The van der Waals surface area contributed by atoms with E-state index in [0.717, 1.165) is 34.6 Å². The first kappa shape index (κ1) is 17.9. The number of benzene rings is 1. The van der Waals surface area contributed by atoms with Crippen LogP contribution in [0.5, 0.6) is 0 Å². The summed E-state index contributed by atoms with van der Waals surface area (Å²) in [6, 6.07) is 5.99. The first-order valence-corrected chi connectivity index (χ1v) is 9.86. The van der Waals surface area contributed by atoms with Crippen LogP contribution in [0, 0.1) is 11.7 Å². The Labute approximate surface area is 154 Å². The van der Waals surface area contributed by atoms with Gasteiger partial charge in [-0.2, -0.15) is 0 Å². The Morgan fingerprint density at radius 3 is 2.76 bits per heavy atom. The van der Waals surface area contributed by atoms with Crippen molar-refractivity contribution in [1.82, 2.24) is 0 Å². The van der Waals surface area contributed by atoms with Crippen molar-refractivity contribution in [2.75, 3.05) is 11.1 Å². The lowest BCUT2D eigenvalue weighted by Crippen LogP contribution is -2.20. The summed E-state index contributed by atoms with van der Waals surface area (Å²) >= 11 is 2.77. The number of rotatable bonds is 5. The molecule has 0 unspecified atom stereocenters. The zero-order valence-corrected chi connectivity index (χ0v) is 15.4. The van der Waals surface area contributed by atoms with Crippen molar-refractivity contribution >= 4 is 39.9 Å². The number of hydrogen-bond acceptors (Lipinski definition) is 4. The second-order valence-corrected chi connectivity index (χ2v) is 8.36. The number of carbonyl (C=O) groups excluding carboxylic acids is 2. The van der Waals surface area contributed by atoms with Crippen molar-refractivity contribution in [1.29, 1.82) is 0 Å². The fraction of sp³-hybridized carbons (Fsp3) is 0.333. The number of amides is 2. The zero-order chi connectivity index (χ0) is 18.0. The van der Waals surface area contributed by atoms with Crippen molar-refractivity contribution in [3.8, 4) is 0 Å². The van der Waals surface area contributed by atoms with Crippen LogP contribution in [0.3, 0.4) is 0 Å². The van der Waals surface area contributed by atoms with Crippen LogP contribution in [0.15, 0.2) is 29.2 Å². The van der Waals surface area contributed by atoms with E-state index in [-0.39, 0.29) is 17.5 Å². The van der Waals surface area contributed by atoms with Gasteiger partial charge in [0, 0.05) is 9.77 Å². The highest BCUT2D eigenvalue weighted by Crippen LogP contribution is 2.39. The average molecular weight is 378 g/mol. The Morgan fingerprint density at radius 1 is 1.36 bits per heavy atom. The SMILES string of the molecule is C[C@H]1CCc2c(sc(NC(=O)CSc3ccc(F)cc3)c2C(N)=O)C1. The summed E-state index contributed by atoms with van der Waals surface area (Å²) in [6.45, 7) is 2.18. The minimum atomic E-state index is -0.492. The standard InChI is InChI=1S/C18H19FN2O2S2/c1-10-2-7-13-14(8-10)25-18(16(13)17(20)23)21-15(22)9-24-12-5-3-11(19)4-6-12/h3-6,10H,2,7-9H2,1H3,(H2,20,23)(H,21,22)/t10-/m0/s1. The molecule has 1 aromatic carbocycles. The van der Waals surface area contributed by atoms with Crippen LogP contribution in [0.2, 0.25) is 0 Å². The second kappa shape index (κ2) is 7.58. The first-order valence-electron chi connectivity index (χ1n) is 8.06. The summed E-state index contributed by atoms with van der Waals surface area (Å²) in [6.07, 6.45) is 2.77. The number of carbonyl (C=O) groups is 2. The molecule has 2 aromatic rings. The number of fused-ring (bicyclic) bond motifs is 1. The van der Waals surface area contributed by atoms with E-state index in [0.29, 0.717) is 16.5 Å². The fourth-order valence-corrected chi connectivity index (χ4v) is 5.07. The molecular formula is C18H19FN2O2S2. The molecule has 1 aromatic heterocycles. The van der Waals surface area contributed by atoms with Crippen molar-refractivity contribution in [3.05, 3.63) is 46.1 Å². The van der Waals surface area contributed by atoms with E-state index in [1.165, 1.54) is 35.2 Å². The Morgan fingerprint density at radius 2 is 2.08 bits per heavy atom. The van der Waals surface area contributed by atoms with Crippen LogP contribution in [0.25, 0.3) is 0 Å². The van der Waals surface area contributed by atoms with Crippen molar-refractivity contribution in [2.24, 2.45) is 11.7 Å². The highest BCUT2D eigenvalue weighted by Gasteiger charge is 2.27. The molecule has 0 aliphatic heterocycles. The Kier molecular flexibility index (Phi) is 5.44. The minimum absolute atomic E-state index is 0.183. The summed E-state index contributed by atoms with van der Waals surface area (Å²) < 4.78 is 12.9. The topological polar surface area (TPSA) is 72.2 Å². The number of anilines is 1. The Balaban J connectivity index is 1.70. The third kappa shape index (κ3) is 4.22.